The molecule has 0 aliphatic heterocycles. The second-order valence-electron chi connectivity index (χ2n) is 6.84. The van der Waals surface area contributed by atoms with Gasteiger partial charge < -0.3 is 9.84 Å². The van der Waals surface area contributed by atoms with E-state index in [0.29, 0.717) is 18.5 Å². The number of rotatable bonds is 8. The first kappa shape index (κ1) is 22.0. The quantitative estimate of drug-likeness (QED) is 0.298. The van der Waals surface area contributed by atoms with Crippen molar-refractivity contribution in [1.29, 1.82) is 0 Å². The highest BCUT2D eigenvalue weighted by Gasteiger charge is 2.23. The van der Waals surface area contributed by atoms with Crippen LogP contribution in [-0.4, -0.2) is 22.3 Å². The second kappa shape index (κ2) is 10.9. The Bertz CT molecular complexity index is 831. The van der Waals surface area contributed by atoms with Crippen LogP contribution in [0.4, 0.5) is 10.5 Å². The molecule has 154 valence electrons. The zero-order chi connectivity index (χ0) is 21.2. The van der Waals surface area contributed by atoms with E-state index in [2.05, 4.69) is 5.32 Å². The van der Waals surface area contributed by atoms with Gasteiger partial charge in [-0.15, -0.1) is 0 Å². The molecule has 2 atom stereocenters. The summed E-state index contributed by atoms with van der Waals surface area (Å²) in [4.78, 5) is 23.5. The third-order valence-electron chi connectivity index (χ3n) is 4.44. The Balaban J connectivity index is 2.06. The van der Waals surface area contributed by atoms with Gasteiger partial charge >= 0.3 is 6.09 Å². The number of ether oxygens (including phenoxy) is 1. The molecule has 0 heterocycles. The molecule has 7 heteroatoms. The average Bonchev–Trinajstić information content (AvgIpc) is 2.71. The van der Waals surface area contributed by atoms with Gasteiger partial charge in [0.1, 0.15) is 11.9 Å². The summed E-state index contributed by atoms with van der Waals surface area (Å²) < 4.78 is 5.70. The van der Waals surface area contributed by atoms with E-state index in [0.717, 1.165) is 11.1 Å². The number of amides is 2. The zero-order valence-corrected chi connectivity index (χ0v) is 16.5. The number of phenols is 1. The van der Waals surface area contributed by atoms with Crippen molar-refractivity contribution in [3.8, 4) is 5.75 Å². The van der Waals surface area contributed by atoms with Gasteiger partial charge in [0.2, 0.25) is 0 Å². The summed E-state index contributed by atoms with van der Waals surface area (Å²) in [7, 11) is 0. The van der Waals surface area contributed by atoms with Crippen molar-refractivity contribution in [3.05, 3.63) is 71.8 Å². The van der Waals surface area contributed by atoms with Crippen molar-refractivity contribution < 1.29 is 24.6 Å². The highest BCUT2D eigenvalue weighted by atomic mass is 16.6. The highest BCUT2D eigenvalue weighted by molar-refractivity contribution is 5.86. The van der Waals surface area contributed by atoms with Crippen molar-refractivity contribution in [2.24, 2.45) is 5.92 Å². The van der Waals surface area contributed by atoms with Crippen LogP contribution in [0.15, 0.2) is 60.7 Å². The van der Waals surface area contributed by atoms with Crippen LogP contribution >= 0.6 is 0 Å². The molecule has 0 aliphatic rings. The Labute approximate surface area is 170 Å². The molecule has 0 aliphatic carbocycles. The first-order chi connectivity index (χ1) is 13.9. The number of phenolic OH excluding ortho intramolecular Hbond substituents is 1. The van der Waals surface area contributed by atoms with Crippen molar-refractivity contribution in [1.82, 2.24) is 5.48 Å². The molecular weight excluding hydrogens is 372 g/mol. The summed E-state index contributed by atoms with van der Waals surface area (Å²) in [6, 6.07) is 13.9. The summed E-state index contributed by atoms with van der Waals surface area (Å²) in [5.41, 5.74) is 4.01. The van der Waals surface area contributed by atoms with Gasteiger partial charge in [-0.3, -0.25) is 15.3 Å². The number of hydrogen-bond acceptors (Lipinski definition) is 5. The molecule has 0 unspecified atom stereocenters. The molecule has 0 spiro atoms. The number of carbonyl (C=O) groups excluding carboxylic acids is 2. The summed E-state index contributed by atoms with van der Waals surface area (Å²) in [6.07, 6.45) is 2.97. The van der Waals surface area contributed by atoms with E-state index in [1.54, 1.807) is 42.5 Å². The third kappa shape index (κ3) is 7.31. The minimum Gasteiger partial charge on any atom is -0.508 e. The number of anilines is 1. The maximum absolute atomic E-state index is 12.4. The fourth-order valence-electron chi connectivity index (χ4n) is 2.81. The standard InChI is InChI=1S/C22H26N2O5/c1-15-7-11-18(12-8-15)23-22(27)29-21(17-9-13-19(25)14-10-17)16(2)5-3-4-6-20(26)24-28/h4,6-14,16,21,25,28H,3,5H2,1-2H3,(H,23,27)(H,24,26)/b6-4+/t16-,21+/m1/s1. The molecule has 0 aromatic heterocycles. The maximum Gasteiger partial charge on any atom is 0.412 e. The molecule has 0 saturated carbocycles. The number of benzene rings is 2. The predicted octanol–water partition coefficient (Wildman–Crippen LogP) is 4.47. The Kier molecular flexibility index (Phi) is 8.24. The molecule has 0 bridgehead atoms. The molecule has 29 heavy (non-hydrogen) atoms. The topological polar surface area (TPSA) is 108 Å². The van der Waals surface area contributed by atoms with Crippen molar-refractivity contribution in [3.63, 3.8) is 0 Å². The van der Waals surface area contributed by atoms with E-state index in [9.17, 15) is 14.7 Å². The Morgan fingerprint density at radius 2 is 1.76 bits per heavy atom. The minimum atomic E-state index is -0.596. The molecule has 2 aromatic carbocycles. The average molecular weight is 398 g/mol. The molecule has 0 saturated heterocycles. The lowest BCUT2D eigenvalue weighted by atomic mass is 9.93. The van der Waals surface area contributed by atoms with Crippen LogP contribution in [0.2, 0.25) is 0 Å². The van der Waals surface area contributed by atoms with Crippen LogP contribution in [0.5, 0.6) is 5.75 Å². The molecule has 2 aromatic rings. The van der Waals surface area contributed by atoms with Gasteiger partial charge in [0.05, 0.1) is 0 Å². The predicted molar refractivity (Wildman–Crippen MR) is 110 cm³/mol. The summed E-state index contributed by atoms with van der Waals surface area (Å²) in [6.45, 7) is 3.90. The van der Waals surface area contributed by atoms with Gasteiger partial charge in [-0.2, -0.15) is 0 Å². The van der Waals surface area contributed by atoms with E-state index in [4.69, 9.17) is 9.94 Å². The van der Waals surface area contributed by atoms with Gasteiger partial charge in [-0.05, 0) is 55.5 Å². The normalized spacial score (nSPS) is 12.9. The molecule has 4 N–H and O–H groups in total. The van der Waals surface area contributed by atoms with Crippen molar-refractivity contribution >= 4 is 17.7 Å². The van der Waals surface area contributed by atoms with E-state index in [1.165, 1.54) is 11.6 Å². The molecule has 7 nitrogen and oxygen atoms in total. The maximum atomic E-state index is 12.4. The van der Waals surface area contributed by atoms with Gasteiger partial charge in [0, 0.05) is 11.8 Å². The zero-order valence-electron chi connectivity index (χ0n) is 16.5. The fourth-order valence-corrected chi connectivity index (χ4v) is 2.81. The Hall–Kier alpha value is -3.32. The first-order valence-electron chi connectivity index (χ1n) is 9.33. The smallest absolute Gasteiger partial charge is 0.412 e. The van der Waals surface area contributed by atoms with Gasteiger partial charge in [-0.1, -0.05) is 42.8 Å². The lowest BCUT2D eigenvalue weighted by molar-refractivity contribution is -0.124. The van der Waals surface area contributed by atoms with Gasteiger partial charge in [-0.25, -0.2) is 10.3 Å². The summed E-state index contributed by atoms with van der Waals surface area (Å²) in [5, 5.41) is 20.8. The number of aryl methyl sites for hydroxylation is 1. The molecule has 2 amide bonds. The number of hydroxylamine groups is 1. The van der Waals surface area contributed by atoms with E-state index in [-0.39, 0.29) is 11.7 Å². The number of nitrogens with one attached hydrogen (secondary N) is 2. The van der Waals surface area contributed by atoms with Crippen LogP contribution in [0.3, 0.4) is 0 Å². The molecule has 2 rings (SSSR count). The number of carbonyl (C=O) groups is 2. The Morgan fingerprint density at radius 3 is 2.38 bits per heavy atom. The lowest BCUT2D eigenvalue weighted by Crippen LogP contribution is -2.22. The van der Waals surface area contributed by atoms with Crippen LogP contribution in [0, 0.1) is 12.8 Å². The van der Waals surface area contributed by atoms with Crippen molar-refractivity contribution in [2.45, 2.75) is 32.8 Å². The number of aromatic hydroxyl groups is 1. The van der Waals surface area contributed by atoms with E-state index >= 15 is 0 Å². The van der Waals surface area contributed by atoms with Crippen LogP contribution < -0.4 is 10.8 Å². The highest BCUT2D eigenvalue weighted by Crippen LogP contribution is 2.31. The summed E-state index contributed by atoms with van der Waals surface area (Å²) >= 11 is 0. The van der Waals surface area contributed by atoms with Crippen LogP contribution in [0.1, 0.15) is 37.0 Å². The minimum absolute atomic E-state index is 0.0647. The molecule has 0 radical (unpaired) electrons. The first-order valence-corrected chi connectivity index (χ1v) is 9.33. The third-order valence-corrected chi connectivity index (χ3v) is 4.44. The molecule has 0 fully saturated rings. The SMILES string of the molecule is Cc1ccc(NC(=O)O[C@H](c2ccc(O)cc2)[C@H](C)CC/C=C/C(=O)NO)cc1. The van der Waals surface area contributed by atoms with Crippen LogP contribution in [-0.2, 0) is 9.53 Å². The second-order valence-corrected chi connectivity index (χ2v) is 6.84. The fraction of sp³-hybridized carbons (Fsp3) is 0.273. The largest absolute Gasteiger partial charge is 0.508 e. The number of allylic oxidation sites excluding steroid dienone is 1. The monoisotopic (exact) mass is 398 g/mol. The molecular formula is C22H26N2O5. The summed E-state index contributed by atoms with van der Waals surface area (Å²) in [5.74, 6) is -0.533. The van der Waals surface area contributed by atoms with E-state index in [1.807, 2.05) is 26.0 Å². The van der Waals surface area contributed by atoms with E-state index < -0.39 is 18.1 Å². The number of hydrogen-bond donors (Lipinski definition) is 4. The Morgan fingerprint density at radius 1 is 1.10 bits per heavy atom. The lowest BCUT2D eigenvalue weighted by Gasteiger charge is -2.24. The van der Waals surface area contributed by atoms with Crippen molar-refractivity contribution in [2.75, 3.05) is 5.32 Å². The van der Waals surface area contributed by atoms with Gasteiger partial charge in [0.15, 0.2) is 0 Å². The van der Waals surface area contributed by atoms with Gasteiger partial charge in [0.25, 0.3) is 5.91 Å². The van der Waals surface area contributed by atoms with Crippen LogP contribution in [0.25, 0.3) is 0 Å².